The number of benzene rings is 3. The second-order valence-corrected chi connectivity index (χ2v) is 17.0. The van der Waals surface area contributed by atoms with Crippen molar-refractivity contribution in [2.24, 2.45) is 0 Å². The summed E-state index contributed by atoms with van der Waals surface area (Å²) >= 11 is 0. The van der Waals surface area contributed by atoms with Gasteiger partial charge < -0.3 is 23.4 Å². The molecule has 0 saturated carbocycles. The van der Waals surface area contributed by atoms with Crippen LogP contribution >= 0.6 is 0 Å². The highest BCUT2D eigenvalue weighted by molar-refractivity contribution is 6.99. The number of rotatable bonds is 10. The Morgan fingerprint density at radius 1 is 0.977 bits per heavy atom. The molecule has 0 spiro atoms. The van der Waals surface area contributed by atoms with Crippen molar-refractivity contribution in [3.05, 3.63) is 126 Å². The van der Waals surface area contributed by atoms with Crippen molar-refractivity contribution in [3.63, 3.8) is 0 Å². The van der Waals surface area contributed by atoms with E-state index in [1.807, 2.05) is 30.4 Å². The number of hydrogen-bond acceptors (Lipinski definition) is 5. The maximum atomic E-state index is 11.5. The molecule has 0 bridgehead atoms. The normalized spacial score (nSPS) is 19.4. The van der Waals surface area contributed by atoms with E-state index >= 15 is 0 Å². The summed E-state index contributed by atoms with van der Waals surface area (Å²) < 4.78 is 24.7. The third-order valence-corrected chi connectivity index (χ3v) is 14.1. The van der Waals surface area contributed by atoms with Gasteiger partial charge in [0.15, 0.2) is 0 Å². The Bertz CT molecular complexity index is 1560. The fourth-order valence-corrected chi connectivity index (χ4v) is 11.3. The molecule has 1 aromatic heterocycles. The molecular formula is C38H44O5Si. The lowest BCUT2D eigenvalue weighted by molar-refractivity contribution is 0.155. The van der Waals surface area contributed by atoms with Gasteiger partial charge >= 0.3 is 0 Å². The number of ether oxygens (including phenoxy) is 2. The first-order valence-electron chi connectivity index (χ1n) is 15.2. The van der Waals surface area contributed by atoms with Gasteiger partial charge in [0.05, 0.1) is 26.6 Å². The largest absolute Gasteiger partial charge is 0.497 e. The first-order chi connectivity index (χ1) is 21.1. The Morgan fingerprint density at radius 3 is 2.16 bits per heavy atom. The summed E-state index contributed by atoms with van der Waals surface area (Å²) in [5.74, 6) is 1.90. The highest BCUT2D eigenvalue weighted by atomic mass is 28.4. The summed E-state index contributed by atoms with van der Waals surface area (Å²) in [4.78, 5) is 0. The quantitative estimate of drug-likeness (QED) is 0.147. The highest BCUT2D eigenvalue weighted by Gasteiger charge is 2.53. The SMILES string of the molecule is C=C[C@@]1(C)CC[C@H](O[Si](c2ccccc2)(c2ccccc2)C(C)(C)C)c2coc(C(O)/C=C/c3cc(OC)ccc3OC)c21. The Morgan fingerprint density at radius 2 is 1.61 bits per heavy atom. The number of methoxy groups -OCH3 is 2. The zero-order valence-corrected chi connectivity index (χ0v) is 27.7. The Kier molecular flexibility index (Phi) is 9.07. The number of furan rings is 1. The molecule has 4 aromatic rings. The van der Waals surface area contributed by atoms with E-state index < -0.39 is 14.4 Å². The predicted octanol–water partition coefficient (Wildman–Crippen LogP) is 7.90. The van der Waals surface area contributed by atoms with E-state index in [0.717, 1.165) is 29.5 Å². The molecular weight excluding hydrogens is 564 g/mol. The lowest BCUT2D eigenvalue weighted by Crippen LogP contribution is -2.67. The predicted molar refractivity (Wildman–Crippen MR) is 180 cm³/mol. The van der Waals surface area contributed by atoms with Crippen molar-refractivity contribution in [2.45, 2.75) is 63.2 Å². The molecule has 1 heterocycles. The van der Waals surface area contributed by atoms with Gasteiger partial charge in [0.2, 0.25) is 0 Å². The first kappa shape index (κ1) is 31.6. The number of allylic oxidation sites excluding steroid dienone is 1. The Balaban J connectivity index is 1.59. The molecule has 6 heteroatoms. The number of aliphatic hydroxyl groups is 1. The molecule has 0 amide bonds. The second kappa shape index (κ2) is 12.6. The minimum absolute atomic E-state index is 0.167. The van der Waals surface area contributed by atoms with Crippen LogP contribution in [0.3, 0.4) is 0 Å². The smallest absolute Gasteiger partial charge is 0.261 e. The summed E-state index contributed by atoms with van der Waals surface area (Å²) in [5.41, 5.74) is 2.35. The van der Waals surface area contributed by atoms with Crippen LogP contribution in [0, 0.1) is 0 Å². The Hall–Kier alpha value is -3.84. The molecule has 230 valence electrons. The maximum absolute atomic E-state index is 11.5. The molecule has 0 saturated heterocycles. The Labute approximate surface area is 262 Å². The van der Waals surface area contributed by atoms with E-state index in [1.54, 1.807) is 26.6 Å². The summed E-state index contributed by atoms with van der Waals surface area (Å²) in [7, 11) is 0.422. The first-order valence-corrected chi connectivity index (χ1v) is 17.1. The van der Waals surface area contributed by atoms with Crippen molar-refractivity contribution in [3.8, 4) is 11.5 Å². The van der Waals surface area contributed by atoms with E-state index in [-0.39, 0.29) is 16.6 Å². The molecule has 1 N–H and O–H groups in total. The fourth-order valence-electron chi connectivity index (χ4n) is 6.65. The van der Waals surface area contributed by atoms with E-state index in [2.05, 4.69) is 94.9 Å². The number of hydrogen-bond donors (Lipinski definition) is 1. The molecule has 1 aliphatic rings. The van der Waals surface area contributed by atoms with E-state index in [9.17, 15) is 5.11 Å². The van der Waals surface area contributed by atoms with Crippen LogP contribution in [-0.2, 0) is 9.84 Å². The van der Waals surface area contributed by atoms with Crippen molar-refractivity contribution in [1.82, 2.24) is 0 Å². The second-order valence-electron chi connectivity index (χ2n) is 12.8. The maximum Gasteiger partial charge on any atom is 0.261 e. The molecule has 0 fully saturated rings. The van der Waals surface area contributed by atoms with E-state index in [0.29, 0.717) is 17.3 Å². The fraction of sp³-hybridized carbons (Fsp3) is 0.316. The van der Waals surface area contributed by atoms with Gasteiger partial charge in [-0.05, 0) is 52.5 Å². The van der Waals surface area contributed by atoms with Crippen molar-refractivity contribution < 1.29 is 23.4 Å². The lowest BCUT2D eigenvalue weighted by Gasteiger charge is -2.47. The molecule has 44 heavy (non-hydrogen) atoms. The van der Waals surface area contributed by atoms with E-state index in [4.69, 9.17) is 18.3 Å². The molecule has 1 unspecified atom stereocenters. The van der Waals surface area contributed by atoms with Crippen molar-refractivity contribution in [2.75, 3.05) is 14.2 Å². The third kappa shape index (κ3) is 5.70. The van der Waals surface area contributed by atoms with Gasteiger partial charge in [0, 0.05) is 22.1 Å². The monoisotopic (exact) mass is 608 g/mol. The number of fused-ring (bicyclic) bond motifs is 1. The summed E-state index contributed by atoms with van der Waals surface area (Å²) in [6, 6.07) is 26.9. The van der Waals surface area contributed by atoms with E-state index in [1.165, 1.54) is 10.4 Å². The van der Waals surface area contributed by atoms with Crippen LogP contribution in [0.4, 0.5) is 0 Å². The van der Waals surface area contributed by atoms with Crippen molar-refractivity contribution in [1.29, 1.82) is 0 Å². The van der Waals surface area contributed by atoms with Gasteiger partial charge in [-0.2, -0.15) is 0 Å². The highest BCUT2D eigenvalue weighted by Crippen LogP contribution is 2.50. The van der Waals surface area contributed by atoms with Crippen LogP contribution in [0.5, 0.6) is 11.5 Å². The lowest BCUT2D eigenvalue weighted by atomic mass is 9.70. The molecule has 5 rings (SSSR count). The number of aliphatic hydroxyl groups excluding tert-OH is 1. The van der Waals surface area contributed by atoms with Crippen LogP contribution in [0.2, 0.25) is 5.04 Å². The van der Waals surface area contributed by atoms with Crippen LogP contribution < -0.4 is 19.8 Å². The average molecular weight is 609 g/mol. The molecule has 3 atom stereocenters. The molecule has 5 nitrogen and oxygen atoms in total. The average Bonchev–Trinajstić information content (AvgIpc) is 3.51. The van der Waals surface area contributed by atoms with Crippen LogP contribution in [0.1, 0.15) is 75.2 Å². The summed E-state index contributed by atoms with van der Waals surface area (Å²) in [6.45, 7) is 13.2. The molecule has 0 aliphatic heterocycles. The van der Waals surface area contributed by atoms with Crippen molar-refractivity contribution >= 4 is 24.8 Å². The zero-order chi connectivity index (χ0) is 31.5. The van der Waals surface area contributed by atoms with Crippen LogP contribution in [0.25, 0.3) is 6.08 Å². The van der Waals surface area contributed by atoms with Gasteiger partial charge in [0.1, 0.15) is 23.4 Å². The minimum Gasteiger partial charge on any atom is -0.497 e. The standard InChI is InChI=1S/C38H44O5Si/c1-8-38(5)24-23-34(43-44(37(2,3)4,29-15-11-9-12-16-29)30-17-13-10-14-18-30)31-26-42-36(35(31)38)32(39)21-19-27-25-28(40-6)20-22-33(27)41-7/h8-22,25-26,32,34,39H,1,23-24H2,2-7H3/b21-19+/t32?,34-,38-/m0/s1. The zero-order valence-electron chi connectivity index (χ0n) is 26.7. The van der Waals surface area contributed by atoms with Crippen LogP contribution in [0.15, 0.2) is 108 Å². The molecule has 1 aliphatic carbocycles. The van der Waals surface area contributed by atoms with Gasteiger partial charge in [-0.25, -0.2) is 0 Å². The topological polar surface area (TPSA) is 61.1 Å². The van der Waals surface area contributed by atoms with Gasteiger partial charge in [-0.1, -0.05) is 101 Å². The summed E-state index contributed by atoms with van der Waals surface area (Å²) in [6.07, 6.45) is 7.77. The summed E-state index contributed by atoms with van der Waals surface area (Å²) in [5, 5.41) is 13.8. The van der Waals surface area contributed by atoms with Gasteiger partial charge in [0.25, 0.3) is 8.32 Å². The van der Waals surface area contributed by atoms with Crippen LogP contribution in [-0.4, -0.2) is 27.6 Å². The molecule has 3 aromatic carbocycles. The third-order valence-electron chi connectivity index (χ3n) is 9.04. The van der Waals surface area contributed by atoms with Gasteiger partial charge in [-0.3, -0.25) is 0 Å². The van der Waals surface area contributed by atoms with Gasteiger partial charge in [-0.15, -0.1) is 6.58 Å². The minimum atomic E-state index is -2.83. The molecule has 0 radical (unpaired) electrons.